The summed E-state index contributed by atoms with van der Waals surface area (Å²) in [6, 6.07) is 14.6. The van der Waals surface area contributed by atoms with Crippen molar-refractivity contribution in [2.75, 3.05) is 44.8 Å². The first-order valence-electron chi connectivity index (χ1n) is 20.8. The fourth-order valence-corrected chi connectivity index (χ4v) is 9.84. The Morgan fingerprint density at radius 2 is 1.47 bits per heavy atom. The smallest absolute Gasteiger partial charge is 0.251 e. The number of carbonyl (C=O) groups is 1. The summed E-state index contributed by atoms with van der Waals surface area (Å²) in [6.45, 7) is 11.7. The number of amides is 1. The van der Waals surface area contributed by atoms with Crippen LogP contribution in [-0.4, -0.2) is 85.1 Å². The Hall–Kier alpha value is -2.45. The number of carbonyl (C=O) groups excluding carboxylic acids is 1. The molecule has 4 unspecified atom stereocenters. The minimum atomic E-state index is -0.534. The molecule has 2 aliphatic heterocycles. The van der Waals surface area contributed by atoms with E-state index >= 15 is 0 Å². The number of morpholine rings is 1. The average molecular weight is 701 g/mol. The highest BCUT2D eigenvalue weighted by Crippen LogP contribution is 2.37. The van der Waals surface area contributed by atoms with Gasteiger partial charge in [0.1, 0.15) is 6.23 Å². The van der Waals surface area contributed by atoms with Crippen LogP contribution in [0.15, 0.2) is 36.4 Å². The van der Waals surface area contributed by atoms with Gasteiger partial charge in [-0.1, -0.05) is 95.4 Å². The van der Waals surface area contributed by atoms with E-state index in [-0.39, 0.29) is 11.8 Å². The van der Waals surface area contributed by atoms with Gasteiger partial charge in [0.2, 0.25) is 0 Å². The Morgan fingerprint density at radius 3 is 2.14 bits per heavy atom. The number of piperidine rings is 1. The third kappa shape index (κ3) is 9.76. The van der Waals surface area contributed by atoms with Crippen LogP contribution in [0, 0.1) is 18.8 Å². The zero-order chi connectivity index (χ0) is 35.7. The highest BCUT2D eigenvalue weighted by Gasteiger charge is 2.41. The Labute approximate surface area is 309 Å². The number of hydrogen-bond donors (Lipinski definition) is 2. The maximum Gasteiger partial charge on any atom is 0.251 e. The Bertz CT molecular complexity index is 1380. The van der Waals surface area contributed by atoms with E-state index in [1.54, 1.807) is 0 Å². The maximum atomic E-state index is 14.3. The van der Waals surface area contributed by atoms with Gasteiger partial charge in [0.25, 0.3) is 5.91 Å². The fraction of sp³-hybridized carbons (Fsp3) is 0.705. The molecule has 2 aromatic carbocycles. The van der Waals surface area contributed by atoms with Crippen molar-refractivity contribution in [1.82, 2.24) is 15.1 Å². The minimum Gasteiger partial charge on any atom is -0.379 e. The van der Waals surface area contributed by atoms with Gasteiger partial charge in [-0.15, -0.1) is 0 Å². The van der Waals surface area contributed by atoms with Crippen molar-refractivity contribution >= 4 is 11.6 Å². The maximum absolute atomic E-state index is 14.3. The molecule has 0 bridgehead atoms. The summed E-state index contributed by atoms with van der Waals surface area (Å²) in [7, 11) is 2.23. The highest BCUT2D eigenvalue weighted by molar-refractivity contribution is 5.99. The van der Waals surface area contributed by atoms with Crippen LogP contribution < -0.4 is 10.2 Å². The van der Waals surface area contributed by atoms with Gasteiger partial charge in [0.05, 0.1) is 13.2 Å². The summed E-state index contributed by atoms with van der Waals surface area (Å²) in [5, 5.41) is 15.4. The van der Waals surface area contributed by atoms with Crippen molar-refractivity contribution in [2.24, 2.45) is 11.8 Å². The Kier molecular flexibility index (Phi) is 13.9. The van der Waals surface area contributed by atoms with E-state index < -0.39 is 6.23 Å². The number of hydrogen-bond acceptors (Lipinski definition) is 6. The largest absolute Gasteiger partial charge is 0.379 e. The van der Waals surface area contributed by atoms with E-state index in [1.807, 2.05) is 0 Å². The van der Waals surface area contributed by atoms with Crippen molar-refractivity contribution in [1.29, 1.82) is 0 Å². The van der Waals surface area contributed by atoms with Crippen LogP contribution in [0.2, 0.25) is 0 Å². The van der Waals surface area contributed by atoms with Gasteiger partial charge in [-0.2, -0.15) is 0 Å². The van der Waals surface area contributed by atoms with E-state index in [9.17, 15) is 9.90 Å². The molecule has 6 rings (SSSR count). The number of nitrogens with zero attached hydrogens (tertiary/aromatic N) is 3. The first-order chi connectivity index (χ1) is 24.8. The molecule has 2 aromatic rings. The van der Waals surface area contributed by atoms with Crippen molar-refractivity contribution in [2.45, 2.75) is 148 Å². The van der Waals surface area contributed by atoms with Crippen molar-refractivity contribution < 1.29 is 14.6 Å². The highest BCUT2D eigenvalue weighted by atomic mass is 16.5. The molecule has 282 valence electrons. The number of benzene rings is 2. The second kappa shape index (κ2) is 18.5. The normalized spacial score (nSPS) is 26.8. The molecular weight excluding hydrogens is 633 g/mol. The topological polar surface area (TPSA) is 68.3 Å². The van der Waals surface area contributed by atoms with E-state index in [1.165, 1.54) is 95.5 Å². The molecule has 7 heteroatoms. The molecule has 1 amide bonds. The average Bonchev–Trinajstić information content (AvgIpc) is 3.15. The molecule has 4 fully saturated rings. The van der Waals surface area contributed by atoms with Crippen LogP contribution in [0.25, 0.3) is 11.1 Å². The summed E-state index contributed by atoms with van der Waals surface area (Å²) in [5.74, 6) is 0.315. The number of likely N-dealkylation sites (tertiary alicyclic amines) is 1. The zero-order valence-electron chi connectivity index (χ0n) is 32.4. The molecule has 4 aliphatic rings. The number of anilines is 1. The molecule has 2 aliphatic carbocycles. The number of aliphatic hydroxyl groups excluding tert-OH is 1. The van der Waals surface area contributed by atoms with E-state index in [2.05, 4.69) is 84.2 Å². The van der Waals surface area contributed by atoms with Crippen LogP contribution in [0.3, 0.4) is 0 Å². The molecule has 4 atom stereocenters. The summed E-state index contributed by atoms with van der Waals surface area (Å²) in [4.78, 5) is 21.6. The predicted octanol–water partition coefficient (Wildman–Crippen LogP) is 8.55. The van der Waals surface area contributed by atoms with Gasteiger partial charge < -0.3 is 20.1 Å². The van der Waals surface area contributed by atoms with Gasteiger partial charge in [0.15, 0.2) is 0 Å². The number of ether oxygens (including phenoxy) is 1. The Balaban J connectivity index is 1.21. The van der Waals surface area contributed by atoms with Crippen LogP contribution in [0.4, 0.5) is 5.69 Å². The molecule has 51 heavy (non-hydrogen) atoms. The summed E-state index contributed by atoms with van der Waals surface area (Å²) >= 11 is 0. The second-order valence-corrected chi connectivity index (χ2v) is 16.7. The lowest BCUT2D eigenvalue weighted by atomic mass is 9.80. The predicted molar refractivity (Wildman–Crippen MR) is 210 cm³/mol. The van der Waals surface area contributed by atoms with Crippen molar-refractivity contribution in [3.8, 4) is 11.1 Å². The first-order valence-corrected chi connectivity index (χ1v) is 20.8. The molecule has 2 N–H and O–H groups in total. The molecule has 0 radical (unpaired) electrons. The number of aliphatic hydroxyl groups is 1. The van der Waals surface area contributed by atoms with E-state index in [0.29, 0.717) is 30.6 Å². The molecule has 2 saturated heterocycles. The lowest BCUT2D eigenvalue weighted by Crippen LogP contribution is -2.59. The van der Waals surface area contributed by atoms with Gasteiger partial charge in [0, 0.05) is 68.5 Å². The molecule has 2 heterocycles. The monoisotopic (exact) mass is 701 g/mol. The standard InChI is InChI=1S/C44H68N4O3/c1-32-27-33(2)48(39-17-11-8-6-5-7-9-12-18-39)44(50)41(32)30-45-43(49)40-28-37(29-42(34(40)3)46(4)38-15-13-10-14-16-38)36-21-19-35(20-22-36)31-47-23-25-51-26-24-47/h19-22,28-29,32-33,38-39,41,44,50H,5-18,23-27,30-31H2,1-4H3,(H,45,49). The molecule has 2 saturated carbocycles. The molecule has 7 nitrogen and oxygen atoms in total. The number of rotatable bonds is 9. The fourth-order valence-electron chi connectivity index (χ4n) is 9.84. The van der Waals surface area contributed by atoms with E-state index in [0.717, 1.165) is 67.2 Å². The summed E-state index contributed by atoms with van der Waals surface area (Å²) < 4.78 is 5.55. The van der Waals surface area contributed by atoms with Gasteiger partial charge in [-0.25, -0.2) is 0 Å². The van der Waals surface area contributed by atoms with E-state index in [4.69, 9.17) is 4.74 Å². The summed E-state index contributed by atoms with van der Waals surface area (Å²) in [5.41, 5.74) is 6.48. The van der Waals surface area contributed by atoms with Gasteiger partial charge >= 0.3 is 0 Å². The minimum absolute atomic E-state index is 0.00689. The number of nitrogens with one attached hydrogen (secondary N) is 1. The third-order valence-corrected chi connectivity index (χ3v) is 13.1. The lowest BCUT2D eigenvalue weighted by molar-refractivity contribution is -0.132. The van der Waals surface area contributed by atoms with Crippen LogP contribution >= 0.6 is 0 Å². The molecule has 0 spiro atoms. The molecular formula is C44H68N4O3. The zero-order valence-corrected chi connectivity index (χ0v) is 32.4. The van der Waals surface area contributed by atoms with Crippen LogP contribution in [0.1, 0.15) is 132 Å². The van der Waals surface area contributed by atoms with Gasteiger partial charge in [-0.3, -0.25) is 14.6 Å². The third-order valence-electron chi connectivity index (χ3n) is 13.1. The summed E-state index contributed by atoms with van der Waals surface area (Å²) in [6.07, 6.45) is 18.3. The van der Waals surface area contributed by atoms with Crippen molar-refractivity contribution in [3.05, 3.63) is 53.1 Å². The SMILES string of the molecule is Cc1c(C(=O)NCC2C(C)CC(C)N(C3CCCCCCCCC3)C2O)cc(-c2ccc(CN3CCOCC3)cc2)cc1N(C)C1CCCCC1. The quantitative estimate of drug-likeness (QED) is 0.273. The van der Waals surface area contributed by atoms with Crippen molar-refractivity contribution in [3.63, 3.8) is 0 Å². The lowest BCUT2D eigenvalue weighted by Gasteiger charge is -2.49. The van der Waals surface area contributed by atoms with Crippen LogP contribution in [0.5, 0.6) is 0 Å². The Morgan fingerprint density at radius 1 is 0.863 bits per heavy atom. The molecule has 0 aromatic heterocycles. The first kappa shape index (κ1) is 38.3. The second-order valence-electron chi connectivity index (χ2n) is 16.7. The van der Waals surface area contributed by atoms with Gasteiger partial charge in [-0.05, 0) is 86.3 Å². The van der Waals surface area contributed by atoms with Crippen LogP contribution in [-0.2, 0) is 11.3 Å².